The number of para-hydroxylation sites is 8. The summed E-state index contributed by atoms with van der Waals surface area (Å²) >= 11 is 0. The van der Waals surface area contributed by atoms with Crippen LogP contribution in [0.15, 0.2) is 291 Å². The van der Waals surface area contributed by atoms with E-state index in [9.17, 15) is 0 Å². The third-order valence-corrected chi connectivity index (χ3v) is 20.0. The SMILES string of the molecule is CN1c2cc3c(cc2B2c4ccccc4Oc4cc(N(c5ccccc5)c5ccccc5)cc1c42)B1c2cc4c(cc2N(C)c2cc(N(c5ccccc5)c5ccccc5)cc(c21)N3C)Nc1cc(N(c2ccccc2)c2ccccc2)cc2c1B4c1ccccc1O2. The number of benzene rings is 13. The van der Waals surface area contributed by atoms with E-state index in [0.29, 0.717) is 0 Å². The first-order valence-corrected chi connectivity index (χ1v) is 32.0. The minimum absolute atomic E-state index is 0.122. The highest BCUT2D eigenvalue weighted by atomic mass is 16.5. The number of fused-ring (bicyclic) bond motifs is 12. The van der Waals surface area contributed by atoms with Crippen molar-refractivity contribution in [3.63, 3.8) is 0 Å². The van der Waals surface area contributed by atoms with Crippen LogP contribution in [0.3, 0.4) is 0 Å². The Balaban J connectivity index is 0.838. The van der Waals surface area contributed by atoms with Crippen LogP contribution in [0, 0.1) is 0 Å². The second-order valence-corrected chi connectivity index (χ2v) is 25.0. The maximum atomic E-state index is 7.15. The van der Waals surface area contributed by atoms with Crippen molar-refractivity contribution >= 4 is 166 Å². The molecule has 0 saturated carbocycles. The average molecular weight is 1190 g/mol. The maximum absolute atomic E-state index is 7.15. The van der Waals surface area contributed by atoms with Crippen LogP contribution in [0.2, 0.25) is 0 Å². The third-order valence-electron chi connectivity index (χ3n) is 20.0. The fourth-order valence-corrected chi connectivity index (χ4v) is 16.0. The zero-order chi connectivity index (χ0) is 61.6. The molecule has 0 atom stereocenters. The molecule has 0 bridgehead atoms. The number of hydrogen-bond acceptors (Lipinski definition) is 9. The highest BCUT2D eigenvalue weighted by molar-refractivity contribution is 7.04. The molecule has 0 radical (unpaired) electrons. The first-order chi connectivity index (χ1) is 45.9. The van der Waals surface area contributed by atoms with Gasteiger partial charge in [0.2, 0.25) is 0 Å². The lowest BCUT2D eigenvalue weighted by Crippen LogP contribution is -2.66. The summed E-state index contributed by atoms with van der Waals surface area (Å²) in [6, 6.07) is 106. The quantitative estimate of drug-likeness (QED) is 0.142. The van der Waals surface area contributed by atoms with Gasteiger partial charge in [0.05, 0.1) is 17.1 Å². The van der Waals surface area contributed by atoms with Crippen LogP contribution < -0.4 is 93.4 Å². The highest BCUT2D eigenvalue weighted by Crippen LogP contribution is 2.48. The van der Waals surface area contributed by atoms with Crippen molar-refractivity contribution in [2.45, 2.75) is 0 Å². The minimum atomic E-state index is -0.170. The van der Waals surface area contributed by atoms with Gasteiger partial charge in [0.25, 0.3) is 20.1 Å². The molecule has 6 heterocycles. The van der Waals surface area contributed by atoms with Crippen molar-refractivity contribution in [3.05, 3.63) is 291 Å². The lowest BCUT2D eigenvalue weighted by atomic mass is 9.29. The van der Waals surface area contributed by atoms with Gasteiger partial charge in [-0.1, -0.05) is 158 Å². The number of nitrogens with zero attached hydrogens (tertiary/aromatic N) is 6. The lowest BCUT2D eigenvalue weighted by Gasteiger charge is -2.45. The van der Waals surface area contributed by atoms with Gasteiger partial charge in [-0.15, -0.1) is 0 Å². The predicted octanol–water partition coefficient (Wildman–Crippen LogP) is 14.2. The summed E-state index contributed by atoms with van der Waals surface area (Å²) in [6.45, 7) is -0.419. The van der Waals surface area contributed by atoms with Crippen LogP contribution in [0.4, 0.5) is 96.7 Å². The van der Waals surface area contributed by atoms with Crippen molar-refractivity contribution in [1.82, 2.24) is 0 Å². The van der Waals surface area contributed by atoms with Crippen molar-refractivity contribution in [2.24, 2.45) is 0 Å². The largest absolute Gasteiger partial charge is 0.458 e. The van der Waals surface area contributed by atoms with E-state index in [1.807, 2.05) is 0 Å². The number of ether oxygens (including phenoxy) is 2. The summed E-state index contributed by atoms with van der Waals surface area (Å²) in [5, 5.41) is 4.11. The summed E-state index contributed by atoms with van der Waals surface area (Å²) < 4.78 is 14.3. The van der Waals surface area contributed by atoms with Gasteiger partial charge in [-0.2, -0.15) is 0 Å². The molecule has 19 rings (SSSR count). The van der Waals surface area contributed by atoms with Crippen molar-refractivity contribution in [1.29, 1.82) is 0 Å². The molecule has 13 aromatic carbocycles. The summed E-state index contributed by atoms with van der Waals surface area (Å²) in [6.07, 6.45) is 0. The van der Waals surface area contributed by atoms with Crippen LogP contribution in [-0.2, 0) is 0 Å². The first kappa shape index (κ1) is 53.1. The molecule has 6 aliphatic heterocycles. The molecule has 0 unspecified atom stereocenters. The Morgan fingerprint density at radius 2 is 0.570 bits per heavy atom. The Morgan fingerprint density at radius 1 is 0.247 bits per heavy atom. The van der Waals surface area contributed by atoms with Gasteiger partial charge < -0.3 is 44.2 Å². The molecule has 13 aromatic rings. The molecule has 0 spiro atoms. The molecule has 0 aliphatic carbocycles. The topological polar surface area (TPSA) is 49.9 Å². The van der Waals surface area contributed by atoms with Gasteiger partial charge >= 0.3 is 0 Å². The monoisotopic (exact) mass is 1190 g/mol. The highest BCUT2D eigenvalue weighted by Gasteiger charge is 2.48. The van der Waals surface area contributed by atoms with Crippen LogP contribution in [0.25, 0.3) is 0 Å². The Labute approximate surface area is 542 Å². The number of nitrogens with one attached hydrogen (secondary N) is 1. The summed E-state index contributed by atoms with van der Waals surface area (Å²) in [5.41, 5.74) is 29.3. The van der Waals surface area contributed by atoms with Gasteiger partial charge in [-0.3, -0.25) is 0 Å². The van der Waals surface area contributed by atoms with Crippen LogP contribution >= 0.6 is 0 Å². The molecule has 0 saturated heterocycles. The Hall–Kier alpha value is -11.7. The summed E-state index contributed by atoms with van der Waals surface area (Å²) in [7, 11) is 6.79. The number of rotatable bonds is 9. The molecule has 1 N–H and O–H groups in total. The standard InChI is InChI=1S/C81H58B3N7O2/c1-86-69-50-67-63(82-61-38-22-24-40-75(61)92-77-46-58(42-68(85-67)79(77)82)89(52-26-10-4-11-27-52)53-28-12-5-13-29-53)48-64(69)84-66-49-65-70(51-71(66)87(2)73-44-59(43-72(86)80(73)84)90(54-30-14-6-15-31-54)55-32-16-7-17-33-55)88(3)74-45-60(47-78-81(74)83(65)62-39-23-25-41-76(62)93-78)91(56-34-18-8-19-35-56)57-36-20-9-21-37-57/h4-51,85H,1-3H3. The van der Waals surface area contributed by atoms with E-state index in [0.717, 1.165) is 136 Å². The van der Waals surface area contributed by atoms with E-state index < -0.39 is 0 Å². The summed E-state index contributed by atoms with van der Waals surface area (Å²) in [5.74, 6) is 3.44. The minimum Gasteiger partial charge on any atom is -0.458 e. The second kappa shape index (κ2) is 20.6. The van der Waals surface area contributed by atoms with Crippen LogP contribution in [0.1, 0.15) is 0 Å². The predicted molar refractivity (Wildman–Crippen MR) is 391 cm³/mol. The number of anilines is 17. The van der Waals surface area contributed by atoms with Gasteiger partial charge in [0.1, 0.15) is 23.0 Å². The van der Waals surface area contributed by atoms with Gasteiger partial charge in [-0.05, 0) is 170 Å². The van der Waals surface area contributed by atoms with Crippen molar-refractivity contribution in [3.8, 4) is 23.0 Å². The average Bonchev–Trinajstić information content (AvgIpc) is 0.697. The molecular formula is C81H58B3N7O2. The molecular weight excluding hydrogens is 1140 g/mol. The molecule has 6 aliphatic rings. The molecule has 9 nitrogen and oxygen atoms in total. The van der Waals surface area contributed by atoms with E-state index in [-0.39, 0.29) is 20.1 Å². The van der Waals surface area contributed by atoms with Crippen molar-refractivity contribution in [2.75, 3.05) is 55.9 Å². The van der Waals surface area contributed by atoms with E-state index in [1.54, 1.807) is 0 Å². The molecule has 438 valence electrons. The zero-order valence-corrected chi connectivity index (χ0v) is 51.4. The molecule has 93 heavy (non-hydrogen) atoms. The third kappa shape index (κ3) is 8.10. The van der Waals surface area contributed by atoms with E-state index in [1.165, 1.54) is 32.8 Å². The molecule has 0 aromatic heterocycles. The van der Waals surface area contributed by atoms with Crippen molar-refractivity contribution < 1.29 is 9.47 Å². The number of hydrogen-bond donors (Lipinski definition) is 1. The van der Waals surface area contributed by atoms with E-state index in [2.05, 4.69) is 347 Å². The Morgan fingerprint density at radius 3 is 1.00 bits per heavy atom. The maximum Gasteiger partial charge on any atom is 0.256 e. The van der Waals surface area contributed by atoms with Crippen LogP contribution in [-0.4, -0.2) is 41.3 Å². The fourth-order valence-electron chi connectivity index (χ4n) is 16.0. The molecule has 0 fully saturated rings. The van der Waals surface area contributed by atoms with Gasteiger partial charge in [-0.25, -0.2) is 0 Å². The Kier molecular flexibility index (Phi) is 11.8. The summed E-state index contributed by atoms with van der Waals surface area (Å²) in [4.78, 5) is 14.4. The van der Waals surface area contributed by atoms with Gasteiger partial charge in [0.15, 0.2) is 0 Å². The smallest absolute Gasteiger partial charge is 0.256 e. The van der Waals surface area contributed by atoms with Crippen LogP contribution in [0.5, 0.6) is 23.0 Å². The normalized spacial score (nSPS) is 13.5. The molecule has 12 heteroatoms. The van der Waals surface area contributed by atoms with E-state index in [4.69, 9.17) is 9.47 Å². The second-order valence-electron chi connectivity index (χ2n) is 25.0. The van der Waals surface area contributed by atoms with Gasteiger partial charge in [0, 0.05) is 113 Å². The fraction of sp³-hybridized carbons (Fsp3) is 0.0370. The lowest BCUT2D eigenvalue weighted by molar-refractivity contribution is 0.487. The molecule has 0 amide bonds. The first-order valence-electron chi connectivity index (χ1n) is 32.0. The zero-order valence-electron chi connectivity index (χ0n) is 51.4. The van der Waals surface area contributed by atoms with E-state index >= 15 is 0 Å². The Bertz CT molecular complexity index is 5070.